The molecule has 3 aromatic rings. The van der Waals surface area contributed by atoms with Crippen LogP contribution in [0.15, 0.2) is 24.8 Å². The molecule has 0 atom stereocenters. The van der Waals surface area contributed by atoms with E-state index in [1.54, 1.807) is 23.3 Å². The second-order valence-electron chi connectivity index (χ2n) is 3.97. The van der Waals surface area contributed by atoms with Gasteiger partial charge in [0.25, 0.3) is 0 Å². The lowest BCUT2D eigenvalue weighted by molar-refractivity contribution is 0.100. The maximum Gasteiger partial charge on any atom is 0.250 e. The van der Waals surface area contributed by atoms with Crippen molar-refractivity contribution in [1.29, 1.82) is 0 Å². The molecule has 1 radical (unpaired) electrons. The van der Waals surface area contributed by atoms with Gasteiger partial charge in [-0.2, -0.15) is 5.10 Å². The molecule has 0 spiro atoms. The molecule has 3 rings (SSSR count). The van der Waals surface area contributed by atoms with Crippen molar-refractivity contribution >= 4 is 16.9 Å². The summed E-state index contributed by atoms with van der Waals surface area (Å²) in [5, 5.41) is 4.68. The third-order valence-electron chi connectivity index (χ3n) is 2.77. The number of fused-ring (bicyclic) bond motifs is 1. The van der Waals surface area contributed by atoms with E-state index in [9.17, 15) is 4.79 Å². The number of amides is 1. The van der Waals surface area contributed by atoms with Gasteiger partial charge in [-0.3, -0.25) is 9.48 Å². The Kier molecular flexibility index (Phi) is 2.16. The Bertz CT molecular complexity index is 740. The second kappa shape index (κ2) is 3.69. The first-order valence-electron chi connectivity index (χ1n) is 5.33. The zero-order valence-corrected chi connectivity index (χ0v) is 9.64. The lowest BCUT2D eigenvalue weighted by atomic mass is 10.0. The highest BCUT2D eigenvalue weighted by Gasteiger charge is 2.16. The number of carbonyl (C=O) groups excluding carboxylic acids is 1. The van der Waals surface area contributed by atoms with Crippen molar-refractivity contribution in [3.8, 4) is 11.1 Å². The molecule has 0 saturated carbocycles. The number of aryl methyl sites for hydroxylation is 1. The van der Waals surface area contributed by atoms with Crippen LogP contribution in [0.25, 0.3) is 22.2 Å². The largest absolute Gasteiger partial charge is 0.366 e. The highest BCUT2D eigenvalue weighted by molar-refractivity contribution is 6.10. The van der Waals surface area contributed by atoms with Gasteiger partial charge in [-0.05, 0) is 0 Å². The fourth-order valence-electron chi connectivity index (χ4n) is 1.97. The Morgan fingerprint density at radius 3 is 3.00 bits per heavy atom. The average Bonchev–Trinajstić information content (AvgIpc) is 2.95. The molecule has 0 aliphatic heterocycles. The number of hydrogen-bond acceptors (Lipinski definition) is 3. The number of nitrogens with two attached hydrogens (primary N) is 1. The third-order valence-corrected chi connectivity index (χ3v) is 2.77. The van der Waals surface area contributed by atoms with Crippen LogP contribution in [0.3, 0.4) is 0 Å². The van der Waals surface area contributed by atoms with E-state index in [1.165, 1.54) is 0 Å². The van der Waals surface area contributed by atoms with Crippen LogP contribution in [0.1, 0.15) is 10.4 Å². The number of primary amides is 1. The van der Waals surface area contributed by atoms with Crippen LogP contribution in [-0.2, 0) is 7.05 Å². The normalized spacial score (nSPS) is 10.9. The van der Waals surface area contributed by atoms with Crippen molar-refractivity contribution in [3.63, 3.8) is 0 Å². The van der Waals surface area contributed by atoms with E-state index in [2.05, 4.69) is 21.1 Å². The fourth-order valence-corrected chi connectivity index (χ4v) is 1.97. The smallest absolute Gasteiger partial charge is 0.250 e. The van der Waals surface area contributed by atoms with Gasteiger partial charge in [-0.15, -0.1) is 0 Å². The van der Waals surface area contributed by atoms with Crippen molar-refractivity contribution in [2.24, 2.45) is 12.8 Å². The van der Waals surface area contributed by atoms with Crippen molar-refractivity contribution in [3.05, 3.63) is 36.4 Å². The monoisotopic (exact) mass is 240 g/mol. The molecular weight excluding hydrogens is 230 g/mol. The Morgan fingerprint density at radius 2 is 2.33 bits per heavy atom. The molecule has 3 heterocycles. The van der Waals surface area contributed by atoms with Crippen LogP contribution < -0.4 is 5.73 Å². The number of nitrogens with one attached hydrogen (secondary N) is 1. The molecule has 6 nitrogen and oxygen atoms in total. The summed E-state index contributed by atoms with van der Waals surface area (Å²) in [6, 6.07) is 2.94. The first kappa shape index (κ1) is 10.5. The highest BCUT2D eigenvalue weighted by atomic mass is 16.1. The van der Waals surface area contributed by atoms with Crippen LogP contribution in [0.4, 0.5) is 0 Å². The summed E-state index contributed by atoms with van der Waals surface area (Å²) in [7, 11) is 1.81. The molecule has 3 N–H and O–H groups in total. The summed E-state index contributed by atoms with van der Waals surface area (Å²) in [5.74, 6) is -0.503. The maximum atomic E-state index is 11.6. The van der Waals surface area contributed by atoms with Gasteiger partial charge >= 0.3 is 0 Å². The van der Waals surface area contributed by atoms with E-state index in [1.807, 2.05) is 13.2 Å². The predicted molar refractivity (Wildman–Crippen MR) is 65.6 cm³/mol. The number of nitrogens with zero attached hydrogens (tertiary/aromatic N) is 3. The van der Waals surface area contributed by atoms with Gasteiger partial charge in [-0.1, -0.05) is 0 Å². The minimum absolute atomic E-state index is 0.411. The number of aromatic amines is 1. The molecule has 0 aliphatic rings. The van der Waals surface area contributed by atoms with Crippen molar-refractivity contribution in [2.45, 2.75) is 0 Å². The van der Waals surface area contributed by atoms with E-state index < -0.39 is 5.91 Å². The van der Waals surface area contributed by atoms with Gasteiger partial charge in [0, 0.05) is 48.2 Å². The van der Waals surface area contributed by atoms with Gasteiger partial charge in [0.15, 0.2) is 0 Å². The first-order valence-corrected chi connectivity index (χ1v) is 5.33. The molecular formula is C12H10N5O. The molecule has 0 aliphatic carbocycles. The van der Waals surface area contributed by atoms with Crippen molar-refractivity contribution in [1.82, 2.24) is 19.7 Å². The molecule has 1 amide bonds. The Morgan fingerprint density at radius 1 is 1.50 bits per heavy atom. The lowest BCUT2D eigenvalue weighted by Crippen LogP contribution is -2.13. The third kappa shape index (κ3) is 1.46. The van der Waals surface area contributed by atoms with Crippen LogP contribution in [0, 0.1) is 6.07 Å². The van der Waals surface area contributed by atoms with Gasteiger partial charge in [-0.25, -0.2) is 4.98 Å². The number of H-pyrrole nitrogens is 1. The molecule has 89 valence electrons. The van der Waals surface area contributed by atoms with E-state index in [0.29, 0.717) is 22.2 Å². The summed E-state index contributed by atoms with van der Waals surface area (Å²) < 4.78 is 1.66. The molecule has 0 unspecified atom stereocenters. The quantitative estimate of drug-likeness (QED) is 0.696. The molecule has 0 fully saturated rings. The van der Waals surface area contributed by atoms with Crippen LogP contribution in [-0.4, -0.2) is 25.7 Å². The summed E-state index contributed by atoms with van der Waals surface area (Å²) >= 11 is 0. The number of carbonyl (C=O) groups is 1. The van der Waals surface area contributed by atoms with Gasteiger partial charge in [0.1, 0.15) is 5.65 Å². The minimum Gasteiger partial charge on any atom is -0.366 e. The number of pyridine rings is 1. The fraction of sp³-hybridized carbons (Fsp3) is 0.0833. The number of rotatable bonds is 2. The lowest BCUT2D eigenvalue weighted by Gasteiger charge is -2.05. The highest BCUT2D eigenvalue weighted by Crippen LogP contribution is 2.27. The molecule has 0 saturated heterocycles. The first-order chi connectivity index (χ1) is 8.66. The number of hydrogen-bond donors (Lipinski definition) is 2. The predicted octanol–water partition coefficient (Wildman–Crippen LogP) is 0.862. The van der Waals surface area contributed by atoms with Gasteiger partial charge < -0.3 is 10.7 Å². The van der Waals surface area contributed by atoms with Crippen LogP contribution in [0.5, 0.6) is 0 Å². The Hall–Kier alpha value is -2.63. The van der Waals surface area contributed by atoms with Crippen molar-refractivity contribution in [2.75, 3.05) is 0 Å². The van der Waals surface area contributed by atoms with Crippen LogP contribution >= 0.6 is 0 Å². The van der Waals surface area contributed by atoms with Crippen molar-refractivity contribution < 1.29 is 4.79 Å². The maximum absolute atomic E-state index is 11.6. The molecule has 0 aromatic carbocycles. The summed E-state index contributed by atoms with van der Waals surface area (Å²) in [6.45, 7) is 0. The molecule has 6 heteroatoms. The zero-order valence-electron chi connectivity index (χ0n) is 9.64. The second-order valence-corrected chi connectivity index (χ2v) is 3.97. The van der Waals surface area contributed by atoms with E-state index in [-0.39, 0.29) is 0 Å². The van der Waals surface area contributed by atoms with Gasteiger partial charge in [0.2, 0.25) is 5.91 Å². The minimum atomic E-state index is -0.503. The van der Waals surface area contributed by atoms with Gasteiger partial charge in [0.05, 0.1) is 11.8 Å². The van der Waals surface area contributed by atoms with E-state index >= 15 is 0 Å². The molecule has 3 aromatic heterocycles. The van der Waals surface area contributed by atoms with E-state index in [0.717, 1.165) is 5.56 Å². The zero-order chi connectivity index (χ0) is 12.7. The Labute approximate surface area is 102 Å². The standard InChI is InChI=1S/C12H10N5O/c1-17-6-7(4-16-17)9-5-15-12-8(2-3-14-12)10(9)11(13)18/h3-6H,1H3,(H2,13,18)(H,14,15). The average molecular weight is 240 g/mol. The van der Waals surface area contributed by atoms with E-state index in [4.69, 9.17) is 5.73 Å². The molecule has 18 heavy (non-hydrogen) atoms. The SMILES string of the molecule is Cn1cc(-c2cnc3[nH]c[c]c3c2C(N)=O)cn1. The summed E-state index contributed by atoms with van der Waals surface area (Å²) in [6.07, 6.45) is 6.70. The topological polar surface area (TPSA) is 89.6 Å². The summed E-state index contributed by atoms with van der Waals surface area (Å²) in [5.41, 5.74) is 7.93. The summed E-state index contributed by atoms with van der Waals surface area (Å²) in [4.78, 5) is 18.8. The number of aromatic nitrogens is 4. The Balaban J connectivity index is 2.34. The molecule has 0 bridgehead atoms. The van der Waals surface area contributed by atoms with Crippen LogP contribution in [0.2, 0.25) is 0 Å².